The minimum atomic E-state index is -3.53. The average molecular weight is 436 g/mol. The van der Waals surface area contributed by atoms with Crippen molar-refractivity contribution in [3.8, 4) is 0 Å². The van der Waals surface area contributed by atoms with Gasteiger partial charge < -0.3 is 10.2 Å². The summed E-state index contributed by atoms with van der Waals surface area (Å²) in [5, 5.41) is 3.34. The summed E-state index contributed by atoms with van der Waals surface area (Å²) in [4.78, 5) is 26.6. The van der Waals surface area contributed by atoms with Crippen LogP contribution in [0.1, 0.15) is 12.0 Å². The van der Waals surface area contributed by atoms with Gasteiger partial charge in [-0.25, -0.2) is 12.7 Å². The lowest BCUT2D eigenvalue weighted by Crippen LogP contribution is -2.28. The zero-order valence-electron chi connectivity index (χ0n) is 16.1. The van der Waals surface area contributed by atoms with E-state index >= 15 is 0 Å². The van der Waals surface area contributed by atoms with Crippen LogP contribution in [0.2, 0.25) is 5.02 Å². The molecule has 154 valence electrons. The maximum atomic E-state index is 12.6. The van der Waals surface area contributed by atoms with E-state index < -0.39 is 15.9 Å². The summed E-state index contributed by atoms with van der Waals surface area (Å²) >= 11 is 6.16. The molecule has 3 rings (SSSR count). The minimum absolute atomic E-state index is 0.0995. The molecule has 1 saturated heterocycles. The van der Waals surface area contributed by atoms with Gasteiger partial charge in [-0.1, -0.05) is 29.8 Å². The van der Waals surface area contributed by atoms with Crippen LogP contribution < -0.4 is 5.32 Å². The Hall–Kier alpha value is -2.42. The van der Waals surface area contributed by atoms with Gasteiger partial charge in [-0.2, -0.15) is 0 Å². The maximum absolute atomic E-state index is 12.6. The summed E-state index contributed by atoms with van der Waals surface area (Å²) < 4.78 is 25.3. The highest BCUT2D eigenvalue weighted by molar-refractivity contribution is 7.89. The number of carbonyl (C=O) groups excluding carboxylic acids is 2. The molecular formula is C20H22ClN3O4S. The Morgan fingerprint density at radius 2 is 1.83 bits per heavy atom. The van der Waals surface area contributed by atoms with Crippen LogP contribution in [-0.4, -0.2) is 50.1 Å². The van der Waals surface area contributed by atoms with E-state index in [1.54, 1.807) is 11.0 Å². The van der Waals surface area contributed by atoms with E-state index in [1.807, 2.05) is 18.2 Å². The van der Waals surface area contributed by atoms with Crippen LogP contribution in [0, 0.1) is 5.92 Å². The molecule has 29 heavy (non-hydrogen) atoms. The van der Waals surface area contributed by atoms with Crippen molar-refractivity contribution in [1.29, 1.82) is 0 Å². The number of sulfonamides is 1. The molecule has 2 aromatic rings. The zero-order chi connectivity index (χ0) is 21.2. The Labute approximate surface area is 175 Å². The van der Waals surface area contributed by atoms with Crippen LogP contribution in [0.15, 0.2) is 53.4 Å². The normalized spacial score (nSPS) is 17.0. The Bertz CT molecular complexity index is 1020. The van der Waals surface area contributed by atoms with Crippen molar-refractivity contribution >= 4 is 39.1 Å². The largest absolute Gasteiger partial charge is 0.337 e. The van der Waals surface area contributed by atoms with Gasteiger partial charge in [-0.15, -0.1) is 0 Å². The SMILES string of the molecule is CN(C)S(=O)(=O)c1ccc(NC(=O)[C@@H]2CC(=O)N(Cc3ccccc3Cl)C2)cc1. The van der Waals surface area contributed by atoms with Gasteiger partial charge in [0.1, 0.15) is 0 Å². The standard InChI is InChI=1S/C20H22ClN3O4S/c1-23(2)29(27,28)17-9-7-16(8-10-17)22-20(26)15-11-19(25)24(13-15)12-14-5-3-4-6-18(14)21/h3-10,15H,11-13H2,1-2H3,(H,22,26)/t15-/m1/s1. The Morgan fingerprint density at radius 3 is 2.45 bits per heavy atom. The van der Waals surface area contributed by atoms with E-state index in [2.05, 4.69) is 5.32 Å². The molecule has 0 aromatic heterocycles. The van der Waals surface area contributed by atoms with E-state index in [0.717, 1.165) is 9.87 Å². The Morgan fingerprint density at radius 1 is 1.17 bits per heavy atom. The van der Waals surface area contributed by atoms with E-state index in [-0.39, 0.29) is 23.1 Å². The molecule has 0 radical (unpaired) electrons. The van der Waals surface area contributed by atoms with E-state index in [1.165, 1.54) is 38.4 Å². The van der Waals surface area contributed by atoms with Gasteiger partial charge in [0.15, 0.2) is 0 Å². The molecule has 1 aliphatic rings. The van der Waals surface area contributed by atoms with Gasteiger partial charge in [0.25, 0.3) is 0 Å². The van der Waals surface area contributed by atoms with Crippen molar-refractivity contribution in [2.45, 2.75) is 17.9 Å². The number of halogens is 1. The van der Waals surface area contributed by atoms with Gasteiger partial charge in [0, 0.05) is 44.3 Å². The molecule has 1 atom stereocenters. The lowest BCUT2D eigenvalue weighted by Gasteiger charge is -2.17. The van der Waals surface area contributed by atoms with Crippen molar-refractivity contribution in [1.82, 2.24) is 9.21 Å². The van der Waals surface area contributed by atoms with Crippen molar-refractivity contribution in [3.63, 3.8) is 0 Å². The number of benzene rings is 2. The van der Waals surface area contributed by atoms with Gasteiger partial charge in [0.2, 0.25) is 21.8 Å². The number of nitrogens with one attached hydrogen (secondary N) is 1. The minimum Gasteiger partial charge on any atom is -0.337 e. The molecule has 0 unspecified atom stereocenters. The molecule has 0 spiro atoms. The second kappa shape index (κ2) is 8.52. The lowest BCUT2D eigenvalue weighted by molar-refractivity contribution is -0.128. The molecule has 0 saturated carbocycles. The van der Waals surface area contributed by atoms with Crippen molar-refractivity contribution < 1.29 is 18.0 Å². The Balaban J connectivity index is 1.63. The van der Waals surface area contributed by atoms with Crippen LogP contribution in [-0.2, 0) is 26.2 Å². The highest BCUT2D eigenvalue weighted by atomic mass is 35.5. The van der Waals surface area contributed by atoms with Crippen molar-refractivity contribution in [3.05, 3.63) is 59.1 Å². The summed E-state index contributed by atoms with van der Waals surface area (Å²) in [5.41, 5.74) is 1.31. The van der Waals surface area contributed by atoms with Crippen LogP contribution in [0.25, 0.3) is 0 Å². The second-order valence-corrected chi connectivity index (χ2v) is 9.63. The van der Waals surface area contributed by atoms with E-state index in [0.29, 0.717) is 23.8 Å². The molecule has 1 N–H and O–H groups in total. The van der Waals surface area contributed by atoms with Gasteiger partial charge in [-0.05, 0) is 35.9 Å². The number of carbonyl (C=O) groups is 2. The summed E-state index contributed by atoms with van der Waals surface area (Å²) in [6.45, 7) is 0.669. The van der Waals surface area contributed by atoms with E-state index in [9.17, 15) is 18.0 Å². The number of likely N-dealkylation sites (tertiary alicyclic amines) is 1. The lowest BCUT2D eigenvalue weighted by atomic mass is 10.1. The first-order valence-corrected chi connectivity index (χ1v) is 10.8. The fraction of sp³-hybridized carbons (Fsp3) is 0.300. The molecule has 2 amide bonds. The number of anilines is 1. The molecular weight excluding hydrogens is 414 g/mol. The summed E-state index contributed by atoms with van der Waals surface area (Å²) in [6, 6.07) is 13.2. The van der Waals surface area contributed by atoms with E-state index in [4.69, 9.17) is 11.6 Å². The highest BCUT2D eigenvalue weighted by Crippen LogP contribution is 2.25. The van der Waals surface area contributed by atoms with Crippen LogP contribution in [0.3, 0.4) is 0 Å². The molecule has 1 aliphatic heterocycles. The molecule has 1 heterocycles. The second-order valence-electron chi connectivity index (χ2n) is 7.07. The first kappa shape index (κ1) is 21.3. The molecule has 7 nitrogen and oxygen atoms in total. The quantitative estimate of drug-likeness (QED) is 0.755. The van der Waals surface area contributed by atoms with Crippen LogP contribution in [0.4, 0.5) is 5.69 Å². The van der Waals surface area contributed by atoms with Crippen molar-refractivity contribution in [2.75, 3.05) is 26.0 Å². The molecule has 1 fully saturated rings. The Kier molecular flexibility index (Phi) is 6.26. The number of hydrogen-bond donors (Lipinski definition) is 1. The monoisotopic (exact) mass is 435 g/mol. The maximum Gasteiger partial charge on any atom is 0.242 e. The summed E-state index contributed by atoms with van der Waals surface area (Å²) in [6.07, 6.45) is 0.128. The first-order chi connectivity index (χ1) is 13.7. The number of rotatable bonds is 6. The average Bonchev–Trinajstić information content (AvgIpc) is 3.04. The third-order valence-corrected chi connectivity index (χ3v) is 7.00. The predicted molar refractivity (Wildman–Crippen MR) is 111 cm³/mol. The van der Waals surface area contributed by atoms with Crippen LogP contribution >= 0.6 is 11.6 Å². The summed E-state index contributed by atoms with van der Waals surface area (Å²) in [5.74, 6) is -0.851. The van der Waals surface area contributed by atoms with Crippen molar-refractivity contribution in [2.24, 2.45) is 5.92 Å². The van der Waals surface area contributed by atoms with Gasteiger partial charge in [-0.3, -0.25) is 9.59 Å². The van der Waals surface area contributed by atoms with Crippen LogP contribution in [0.5, 0.6) is 0 Å². The third-order valence-electron chi connectivity index (χ3n) is 4.80. The topological polar surface area (TPSA) is 86.8 Å². The molecule has 2 aromatic carbocycles. The predicted octanol–water partition coefficient (Wildman–Crippen LogP) is 2.58. The zero-order valence-corrected chi connectivity index (χ0v) is 17.7. The molecule has 0 bridgehead atoms. The number of hydrogen-bond acceptors (Lipinski definition) is 4. The smallest absolute Gasteiger partial charge is 0.242 e. The third kappa shape index (κ3) is 4.77. The highest BCUT2D eigenvalue weighted by Gasteiger charge is 2.34. The molecule has 9 heteroatoms. The first-order valence-electron chi connectivity index (χ1n) is 9.03. The fourth-order valence-corrected chi connectivity index (χ4v) is 4.20. The number of nitrogens with zero attached hydrogens (tertiary/aromatic N) is 2. The molecule has 0 aliphatic carbocycles. The van der Waals surface area contributed by atoms with Gasteiger partial charge >= 0.3 is 0 Å². The number of amides is 2. The summed E-state index contributed by atoms with van der Waals surface area (Å²) in [7, 11) is -0.617. The fourth-order valence-electron chi connectivity index (χ4n) is 3.10. The van der Waals surface area contributed by atoms with Gasteiger partial charge in [0.05, 0.1) is 10.8 Å².